The monoisotopic (exact) mass is 504 g/mol. The fourth-order valence-corrected chi connectivity index (χ4v) is 5.35. The molecule has 2 aliphatic heterocycles. The number of benzene rings is 2. The van der Waals surface area contributed by atoms with Crippen LogP contribution in [-0.4, -0.2) is 54.6 Å². The van der Waals surface area contributed by atoms with Crippen molar-refractivity contribution in [1.29, 1.82) is 0 Å². The van der Waals surface area contributed by atoms with Gasteiger partial charge < -0.3 is 20.5 Å². The molecule has 2 saturated heterocycles. The predicted molar refractivity (Wildman–Crippen MR) is 142 cm³/mol. The van der Waals surface area contributed by atoms with Crippen molar-refractivity contribution in [2.75, 3.05) is 19.7 Å². The molecule has 0 aromatic heterocycles. The predicted octanol–water partition coefficient (Wildman–Crippen LogP) is 3.67. The minimum absolute atomic E-state index is 0.0714. The van der Waals surface area contributed by atoms with Crippen molar-refractivity contribution in [2.24, 2.45) is 11.8 Å². The van der Waals surface area contributed by atoms with E-state index in [4.69, 9.17) is 9.84 Å². The van der Waals surface area contributed by atoms with Crippen LogP contribution in [0.5, 0.6) is 0 Å². The first kappa shape index (κ1) is 26.8. The van der Waals surface area contributed by atoms with Crippen LogP contribution in [0.2, 0.25) is 0 Å². The normalized spacial score (nSPS) is 22.3. The average Bonchev–Trinajstić information content (AvgIpc) is 3.55. The molecule has 37 heavy (non-hydrogen) atoms. The van der Waals surface area contributed by atoms with Gasteiger partial charge in [0, 0.05) is 24.4 Å². The number of fused-ring (bicyclic) bond motifs is 2. The van der Waals surface area contributed by atoms with E-state index in [0.29, 0.717) is 24.4 Å². The molecule has 0 saturated carbocycles. The first-order chi connectivity index (χ1) is 18.0. The second-order valence-electron chi connectivity index (χ2n) is 9.84. The van der Waals surface area contributed by atoms with E-state index in [1.165, 1.54) is 0 Å². The summed E-state index contributed by atoms with van der Waals surface area (Å²) >= 11 is 0. The molecule has 0 unspecified atom stereocenters. The number of hydrogen-bond donors (Lipinski definition) is 3. The number of hydrogen-bond acceptors (Lipinski definition) is 5. The Kier molecular flexibility index (Phi) is 9.63. The molecular weight excluding hydrogens is 468 g/mol. The highest BCUT2D eigenvalue weighted by atomic mass is 16.5. The fraction of sp³-hybridized carbons (Fsp3) is 0.433. The van der Waals surface area contributed by atoms with E-state index >= 15 is 0 Å². The fourth-order valence-electron chi connectivity index (χ4n) is 5.35. The van der Waals surface area contributed by atoms with Gasteiger partial charge in [-0.25, -0.2) is 0 Å². The lowest BCUT2D eigenvalue weighted by Crippen LogP contribution is -2.42. The minimum Gasteiger partial charge on any atom is -0.389 e. The van der Waals surface area contributed by atoms with Crippen LogP contribution in [0.1, 0.15) is 48.9 Å². The Hall–Kier alpha value is -3.29. The highest BCUT2D eigenvalue weighted by Crippen LogP contribution is 2.44. The van der Waals surface area contributed by atoms with Gasteiger partial charge in [-0.2, -0.15) is 0 Å². The lowest BCUT2D eigenvalue weighted by molar-refractivity contribution is -0.122. The Morgan fingerprint density at radius 1 is 0.892 bits per heavy atom. The second-order valence-corrected chi connectivity index (χ2v) is 9.84. The number of allylic oxidation sites excluding steroid dienone is 2. The molecule has 0 spiro atoms. The molecule has 2 bridgehead atoms. The van der Waals surface area contributed by atoms with Gasteiger partial charge >= 0.3 is 0 Å². The molecule has 4 rings (SSSR count). The number of ketones is 1. The standard InChI is InChI=1S/C30H36N2O5/c33-20-24(34)10-6-1-2-7-11-25-26(28-17-16-27(25)37-28)18-31-29(35)19-32-30(36)23-14-12-22(13-15-23)21-8-4-3-5-9-21/h2-5,7-9,12-15,25-28,33H,1,6,10-11,16-20H2,(H,31,35)(H,32,36)/t25-,26+,27-,28+/m1/s1. The SMILES string of the molecule is O=C(CO)CCCC=CC[C@@H]1[C@H](CNC(=O)CNC(=O)c2ccc(-c3ccccc3)cc2)[C@@H]2CC[C@H]1O2. The molecule has 4 atom stereocenters. The van der Waals surface area contributed by atoms with Crippen molar-refractivity contribution in [3.8, 4) is 11.1 Å². The van der Waals surface area contributed by atoms with Gasteiger partial charge in [0.25, 0.3) is 5.91 Å². The smallest absolute Gasteiger partial charge is 0.251 e. The lowest BCUT2D eigenvalue weighted by Gasteiger charge is -2.27. The van der Waals surface area contributed by atoms with Gasteiger partial charge in [-0.15, -0.1) is 0 Å². The van der Waals surface area contributed by atoms with Gasteiger partial charge in [0.15, 0.2) is 5.78 Å². The highest BCUT2D eigenvalue weighted by Gasteiger charge is 2.47. The third-order valence-corrected chi connectivity index (χ3v) is 7.37. The van der Waals surface area contributed by atoms with E-state index in [0.717, 1.165) is 43.2 Å². The summed E-state index contributed by atoms with van der Waals surface area (Å²) in [6.07, 6.45) is 9.55. The Morgan fingerprint density at radius 2 is 1.59 bits per heavy atom. The number of nitrogens with one attached hydrogen (secondary N) is 2. The second kappa shape index (κ2) is 13.3. The maximum atomic E-state index is 12.5. The van der Waals surface area contributed by atoms with Crippen LogP contribution in [-0.2, 0) is 14.3 Å². The van der Waals surface area contributed by atoms with Crippen LogP contribution in [0.25, 0.3) is 11.1 Å². The molecule has 7 nitrogen and oxygen atoms in total. The van der Waals surface area contributed by atoms with Gasteiger partial charge in [0.05, 0.1) is 18.8 Å². The number of Topliss-reactive ketones (excluding diaryl/α,β-unsaturated/α-hetero) is 1. The Labute approximate surface area is 218 Å². The lowest BCUT2D eigenvalue weighted by atomic mass is 9.77. The first-order valence-electron chi connectivity index (χ1n) is 13.2. The molecule has 7 heteroatoms. The van der Waals surface area contributed by atoms with E-state index < -0.39 is 0 Å². The summed E-state index contributed by atoms with van der Waals surface area (Å²) in [5, 5.41) is 14.5. The molecule has 2 fully saturated rings. The van der Waals surface area contributed by atoms with Crippen molar-refractivity contribution in [3.63, 3.8) is 0 Å². The molecular formula is C30H36N2O5. The summed E-state index contributed by atoms with van der Waals surface area (Å²) in [6, 6.07) is 17.3. The largest absolute Gasteiger partial charge is 0.389 e. The third-order valence-electron chi connectivity index (χ3n) is 7.37. The van der Waals surface area contributed by atoms with Crippen molar-refractivity contribution >= 4 is 17.6 Å². The van der Waals surface area contributed by atoms with E-state index in [-0.39, 0.29) is 48.9 Å². The van der Waals surface area contributed by atoms with Crippen LogP contribution in [0, 0.1) is 11.8 Å². The molecule has 2 aromatic rings. The van der Waals surface area contributed by atoms with Crippen LogP contribution in [0.3, 0.4) is 0 Å². The van der Waals surface area contributed by atoms with E-state index in [9.17, 15) is 14.4 Å². The van der Waals surface area contributed by atoms with E-state index in [2.05, 4.69) is 22.8 Å². The van der Waals surface area contributed by atoms with Crippen molar-refractivity contribution < 1.29 is 24.2 Å². The molecule has 3 N–H and O–H groups in total. The molecule has 2 amide bonds. The summed E-state index contributed by atoms with van der Waals surface area (Å²) in [4.78, 5) is 36.2. The maximum Gasteiger partial charge on any atom is 0.251 e. The number of carbonyl (C=O) groups is 3. The summed E-state index contributed by atoms with van der Waals surface area (Å²) in [6.45, 7) is 0.0777. The van der Waals surface area contributed by atoms with Gasteiger partial charge in [-0.05, 0) is 61.3 Å². The minimum atomic E-state index is -0.384. The number of amides is 2. The van der Waals surface area contributed by atoms with Crippen LogP contribution in [0.15, 0.2) is 66.7 Å². The van der Waals surface area contributed by atoms with Gasteiger partial charge in [-0.1, -0.05) is 54.6 Å². The third kappa shape index (κ3) is 7.37. The maximum absolute atomic E-state index is 12.5. The van der Waals surface area contributed by atoms with Crippen molar-refractivity contribution in [3.05, 3.63) is 72.3 Å². The number of carbonyl (C=O) groups excluding carboxylic acids is 3. The number of rotatable bonds is 13. The first-order valence-corrected chi connectivity index (χ1v) is 13.2. The van der Waals surface area contributed by atoms with Crippen LogP contribution >= 0.6 is 0 Å². The van der Waals surface area contributed by atoms with E-state index in [1.54, 1.807) is 12.1 Å². The zero-order valence-electron chi connectivity index (χ0n) is 21.1. The van der Waals surface area contributed by atoms with Gasteiger partial charge in [0.1, 0.15) is 6.61 Å². The quantitative estimate of drug-likeness (QED) is 0.285. The zero-order chi connectivity index (χ0) is 26.0. The summed E-state index contributed by atoms with van der Waals surface area (Å²) in [5.74, 6) is 0.00102. The zero-order valence-corrected chi connectivity index (χ0v) is 21.1. The van der Waals surface area contributed by atoms with Crippen LogP contribution in [0.4, 0.5) is 0 Å². The number of aliphatic hydroxyl groups excluding tert-OH is 1. The van der Waals surface area contributed by atoms with Crippen molar-refractivity contribution in [1.82, 2.24) is 10.6 Å². The molecule has 2 heterocycles. The van der Waals surface area contributed by atoms with Gasteiger partial charge in [-0.3, -0.25) is 14.4 Å². The number of aliphatic hydroxyl groups is 1. The Bertz CT molecular complexity index is 1080. The molecule has 0 radical (unpaired) electrons. The average molecular weight is 505 g/mol. The van der Waals surface area contributed by atoms with Crippen molar-refractivity contribution in [2.45, 2.75) is 50.7 Å². The number of ether oxygens (including phenoxy) is 1. The van der Waals surface area contributed by atoms with Gasteiger partial charge in [0.2, 0.25) is 5.91 Å². The molecule has 2 aliphatic rings. The molecule has 0 aliphatic carbocycles. The Balaban J connectivity index is 1.19. The highest BCUT2D eigenvalue weighted by molar-refractivity contribution is 5.96. The Morgan fingerprint density at radius 3 is 2.32 bits per heavy atom. The van der Waals surface area contributed by atoms with E-state index in [1.807, 2.05) is 42.5 Å². The summed E-state index contributed by atoms with van der Waals surface area (Å²) in [5.41, 5.74) is 2.63. The molecule has 196 valence electrons. The summed E-state index contributed by atoms with van der Waals surface area (Å²) in [7, 11) is 0. The topological polar surface area (TPSA) is 105 Å². The van der Waals surface area contributed by atoms with Crippen LogP contribution < -0.4 is 10.6 Å². The number of unbranched alkanes of at least 4 members (excludes halogenated alkanes) is 1. The summed E-state index contributed by atoms with van der Waals surface area (Å²) < 4.78 is 6.12. The molecule has 2 aromatic carbocycles.